The molecule has 0 spiro atoms. The summed E-state index contributed by atoms with van der Waals surface area (Å²) < 4.78 is 5.03. The third-order valence-corrected chi connectivity index (χ3v) is 13.2. The number of rotatable bonds is 4. The molecular formula is C31H52O3. The number of esters is 1. The van der Waals surface area contributed by atoms with Crippen molar-refractivity contribution < 1.29 is 14.3 Å². The zero-order chi connectivity index (χ0) is 25.4. The number of fused-ring (bicyclic) bond motifs is 5. The van der Waals surface area contributed by atoms with Gasteiger partial charge in [0.2, 0.25) is 0 Å². The monoisotopic (exact) mass is 472 g/mol. The Morgan fingerprint density at radius 2 is 1.38 bits per heavy atom. The molecule has 4 rings (SSSR count). The molecule has 4 saturated carbocycles. The molecule has 0 aromatic carbocycles. The highest BCUT2D eigenvalue weighted by atomic mass is 16.5. The molecule has 0 unspecified atom stereocenters. The van der Waals surface area contributed by atoms with Crippen molar-refractivity contribution in [1.82, 2.24) is 0 Å². The van der Waals surface area contributed by atoms with Gasteiger partial charge >= 0.3 is 5.97 Å². The number of hydrogen-bond donors (Lipinski definition) is 0. The Balaban J connectivity index is 1.74. The van der Waals surface area contributed by atoms with Gasteiger partial charge in [0.15, 0.2) is 0 Å². The summed E-state index contributed by atoms with van der Waals surface area (Å²) in [4.78, 5) is 25.3. The van der Waals surface area contributed by atoms with Gasteiger partial charge in [-0.05, 0) is 116 Å². The molecule has 3 nitrogen and oxygen atoms in total. The van der Waals surface area contributed by atoms with Crippen molar-refractivity contribution in [2.24, 2.45) is 50.2 Å². The Morgan fingerprint density at radius 1 is 0.794 bits per heavy atom. The summed E-state index contributed by atoms with van der Waals surface area (Å²) in [5.74, 6) is 1.81. The van der Waals surface area contributed by atoms with Gasteiger partial charge in [0.25, 0.3) is 0 Å². The van der Waals surface area contributed by atoms with Crippen LogP contribution in [0.25, 0.3) is 0 Å². The lowest BCUT2D eigenvalue weighted by Crippen LogP contribution is -2.67. The van der Waals surface area contributed by atoms with E-state index in [9.17, 15) is 9.59 Å². The van der Waals surface area contributed by atoms with Crippen LogP contribution in [0.3, 0.4) is 0 Å². The third kappa shape index (κ3) is 3.56. The maximum Gasteiger partial charge on any atom is 0.305 e. The number of ketones is 1. The predicted octanol–water partition coefficient (Wildman–Crippen LogP) is 8.00. The van der Waals surface area contributed by atoms with Gasteiger partial charge in [-0.15, -0.1) is 0 Å². The van der Waals surface area contributed by atoms with E-state index in [1.54, 1.807) is 6.92 Å². The Kier molecular flexibility index (Phi) is 6.22. The summed E-state index contributed by atoms with van der Waals surface area (Å²) in [5, 5.41) is 0. The lowest BCUT2D eigenvalue weighted by Gasteiger charge is -2.74. The zero-order valence-corrected chi connectivity index (χ0v) is 23.7. The predicted molar refractivity (Wildman–Crippen MR) is 138 cm³/mol. The fourth-order valence-corrected chi connectivity index (χ4v) is 10.5. The van der Waals surface area contributed by atoms with E-state index < -0.39 is 0 Å². The first-order valence-corrected chi connectivity index (χ1v) is 14.2. The molecular weight excluding hydrogens is 420 g/mol. The second kappa shape index (κ2) is 8.07. The van der Waals surface area contributed by atoms with E-state index in [2.05, 4.69) is 48.5 Å². The van der Waals surface area contributed by atoms with Gasteiger partial charge in [-0.3, -0.25) is 9.59 Å². The van der Waals surface area contributed by atoms with E-state index >= 15 is 0 Å². The van der Waals surface area contributed by atoms with Crippen molar-refractivity contribution in [3.63, 3.8) is 0 Å². The molecule has 34 heavy (non-hydrogen) atoms. The molecule has 0 saturated heterocycles. The van der Waals surface area contributed by atoms with E-state index in [-0.39, 0.29) is 22.7 Å². The first-order valence-electron chi connectivity index (χ1n) is 14.2. The average molecular weight is 473 g/mol. The summed E-state index contributed by atoms with van der Waals surface area (Å²) in [6.07, 6.45) is 12.5. The van der Waals surface area contributed by atoms with Crippen LogP contribution in [0.5, 0.6) is 0 Å². The number of hydrogen-bond acceptors (Lipinski definition) is 3. The van der Waals surface area contributed by atoms with Crippen molar-refractivity contribution in [3.8, 4) is 0 Å². The molecule has 0 aromatic heterocycles. The number of carbonyl (C=O) groups excluding carboxylic acids is 2. The lowest BCUT2D eigenvalue weighted by molar-refractivity contribution is -0.249. The molecule has 4 aliphatic carbocycles. The quantitative estimate of drug-likeness (QED) is 0.389. The lowest BCUT2D eigenvalue weighted by atomic mass is 9.31. The Hall–Kier alpha value is -0.860. The van der Waals surface area contributed by atoms with E-state index in [1.807, 2.05) is 0 Å². The number of carbonyl (C=O) groups is 2. The standard InChI is InChI=1S/C31H52O3/c1-21(32)28(5)13-12-23-29(6,22(28)10-11-25(33)34-9)17-19-31(8)24-20-26(2,3)14-15-27(24,4)16-18-30(23,31)7/h22-24H,10-20H2,1-9H3/t22-,23+,24+,27-,28-,29-,30-,31+/m1/s1. The van der Waals surface area contributed by atoms with Gasteiger partial charge in [-0.1, -0.05) is 48.5 Å². The van der Waals surface area contributed by atoms with E-state index in [0.717, 1.165) is 25.2 Å². The van der Waals surface area contributed by atoms with Gasteiger partial charge in [-0.2, -0.15) is 0 Å². The maximum absolute atomic E-state index is 13.1. The molecule has 194 valence electrons. The second-order valence-corrected chi connectivity index (χ2v) is 15.1. The first-order chi connectivity index (χ1) is 15.6. The minimum atomic E-state index is -0.334. The molecule has 0 aromatic rings. The SMILES string of the molecule is COC(=O)CC[C@H]1[C@@]2(C)CC[C@@]3(C)[C@H]4CC(C)(C)CC[C@]4(C)CC[C@]3(C)[C@H]2CC[C@]1(C)C(C)=O. The van der Waals surface area contributed by atoms with E-state index in [4.69, 9.17) is 4.74 Å². The van der Waals surface area contributed by atoms with Crippen LogP contribution in [-0.4, -0.2) is 18.9 Å². The van der Waals surface area contributed by atoms with Crippen molar-refractivity contribution in [2.75, 3.05) is 7.11 Å². The summed E-state index contributed by atoms with van der Waals surface area (Å²) in [5.41, 5.74) is 1.32. The topological polar surface area (TPSA) is 43.4 Å². The van der Waals surface area contributed by atoms with Crippen molar-refractivity contribution in [3.05, 3.63) is 0 Å². The van der Waals surface area contributed by atoms with Crippen LogP contribution in [0.1, 0.15) is 126 Å². The maximum atomic E-state index is 13.1. The van der Waals surface area contributed by atoms with Gasteiger partial charge in [-0.25, -0.2) is 0 Å². The third-order valence-electron chi connectivity index (χ3n) is 13.2. The van der Waals surface area contributed by atoms with Gasteiger partial charge in [0, 0.05) is 11.8 Å². The summed E-state index contributed by atoms with van der Waals surface area (Å²) in [6.45, 7) is 19.4. The fourth-order valence-electron chi connectivity index (χ4n) is 10.5. The van der Waals surface area contributed by atoms with Crippen LogP contribution in [0.15, 0.2) is 0 Å². The molecule has 0 radical (unpaired) electrons. The number of methoxy groups -OCH3 is 1. The molecule has 4 aliphatic rings. The highest BCUT2D eigenvalue weighted by Crippen LogP contribution is 2.77. The molecule has 0 bridgehead atoms. The molecule has 0 amide bonds. The Morgan fingerprint density at radius 3 is 2.00 bits per heavy atom. The summed E-state index contributed by atoms with van der Waals surface area (Å²) >= 11 is 0. The molecule has 4 fully saturated rings. The highest BCUT2D eigenvalue weighted by Gasteiger charge is 2.70. The number of ether oxygens (including phenoxy) is 1. The minimum Gasteiger partial charge on any atom is -0.469 e. The number of Topliss-reactive ketones (excluding diaryl/α,β-unsaturated/α-hetero) is 1. The summed E-state index contributed by atoms with van der Waals surface area (Å²) in [7, 11) is 1.48. The smallest absolute Gasteiger partial charge is 0.305 e. The minimum absolute atomic E-state index is 0.0961. The van der Waals surface area contributed by atoms with Crippen LogP contribution >= 0.6 is 0 Å². The van der Waals surface area contributed by atoms with Crippen molar-refractivity contribution >= 4 is 11.8 Å². The largest absolute Gasteiger partial charge is 0.469 e. The first kappa shape index (κ1) is 26.2. The van der Waals surface area contributed by atoms with Crippen LogP contribution < -0.4 is 0 Å². The van der Waals surface area contributed by atoms with Crippen LogP contribution in [-0.2, 0) is 14.3 Å². The summed E-state index contributed by atoms with van der Waals surface area (Å²) in [6, 6.07) is 0. The molecule has 0 aliphatic heterocycles. The zero-order valence-electron chi connectivity index (χ0n) is 23.7. The molecule has 8 atom stereocenters. The van der Waals surface area contributed by atoms with Gasteiger partial charge in [0.05, 0.1) is 7.11 Å². The van der Waals surface area contributed by atoms with Gasteiger partial charge < -0.3 is 4.74 Å². The van der Waals surface area contributed by atoms with Crippen LogP contribution in [0.4, 0.5) is 0 Å². The Labute approximate surface area is 209 Å². The molecule has 3 heteroatoms. The van der Waals surface area contributed by atoms with E-state index in [0.29, 0.717) is 39.8 Å². The van der Waals surface area contributed by atoms with Crippen LogP contribution in [0, 0.1) is 50.2 Å². The Bertz CT molecular complexity index is 846. The molecule has 0 N–H and O–H groups in total. The molecule has 0 heterocycles. The van der Waals surface area contributed by atoms with E-state index in [1.165, 1.54) is 52.1 Å². The van der Waals surface area contributed by atoms with Crippen molar-refractivity contribution in [1.29, 1.82) is 0 Å². The van der Waals surface area contributed by atoms with Crippen LogP contribution in [0.2, 0.25) is 0 Å². The normalized spacial score (nSPS) is 49.9. The average Bonchev–Trinajstić information content (AvgIpc) is 2.76. The van der Waals surface area contributed by atoms with Gasteiger partial charge in [0.1, 0.15) is 5.78 Å². The van der Waals surface area contributed by atoms with Crippen molar-refractivity contribution in [2.45, 2.75) is 126 Å². The fraction of sp³-hybridized carbons (Fsp3) is 0.935. The second-order valence-electron chi connectivity index (χ2n) is 15.1. The highest BCUT2D eigenvalue weighted by molar-refractivity contribution is 5.82.